The Morgan fingerprint density at radius 2 is 2.14 bits per heavy atom. The Morgan fingerprint density at radius 3 is 2.76 bits per heavy atom. The number of hydrogen-bond donors (Lipinski definition) is 2. The van der Waals surface area contributed by atoms with Gasteiger partial charge in [-0.05, 0) is 19.3 Å². The lowest BCUT2D eigenvalue weighted by atomic mass is 9.94. The van der Waals surface area contributed by atoms with Gasteiger partial charge in [-0.25, -0.2) is 9.67 Å². The van der Waals surface area contributed by atoms with Crippen molar-refractivity contribution < 1.29 is 4.79 Å². The second kappa shape index (κ2) is 5.02. The average Bonchev–Trinajstić information content (AvgIpc) is 3.16. The number of aryl methyl sites for hydroxylation is 1. The monoisotopic (exact) mass is 287 g/mol. The fourth-order valence-corrected chi connectivity index (χ4v) is 2.88. The Balaban J connectivity index is 1.97. The van der Waals surface area contributed by atoms with Gasteiger partial charge in [0.1, 0.15) is 0 Å². The molecule has 0 aliphatic heterocycles. The molecule has 1 aliphatic carbocycles. The number of fused-ring (bicyclic) bond motifs is 1. The first-order chi connectivity index (χ1) is 10.1. The lowest BCUT2D eigenvalue weighted by Crippen LogP contribution is -2.29. The van der Waals surface area contributed by atoms with E-state index in [0.29, 0.717) is 5.69 Å². The number of amides is 1. The fraction of sp³-hybridized carbons (Fsp3) is 0.533. The van der Waals surface area contributed by atoms with Crippen molar-refractivity contribution in [3.05, 3.63) is 18.0 Å². The van der Waals surface area contributed by atoms with Crippen LogP contribution in [0.15, 0.2) is 12.4 Å². The molecule has 6 heteroatoms. The molecule has 0 aromatic carbocycles. The number of unbranched alkanes of at least 4 members (excludes halogenated alkanes) is 2. The molecule has 1 fully saturated rings. The van der Waals surface area contributed by atoms with Crippen molar-refractivity contribution in [3.63, 3.8) is 0 Å². The molecule has 1 amide bonds. The summed E-state index contributed by atoms with van der Waals surface area (Å²) in [5.41, 5.74) is 13.3. The van der Waals surface area contributed by atoms with E-state index in [-0.39, 0.29) is 5.91 Å². The number of hydrogen-bond acceptors (Lipinski definition) is 4. The van der Waals surface area contributed by atoms with E-state index in [9.17, 15) is 4.79 Å². The SMILES string of the molecule is CCCCCn1ncc2c(N)c(C3(C(N)=O)CC3)cnc21. The summed E-state index contributed by atoms with van der Waals surface area (Å²) in [6, 6.07) is 0. The van der Waals surface area contributed by atoms with E-state index in [0.717, 1.165) is 42.4 Å². The summed E-state index contributed by atoms with van der Waals surface area (Å²) in [4.78, 5) is 16.2. The number of rotatable bonds is 6. The largest absolute Gasteiger partial charge is 0.398 e. The van der Waals surface area contributed by atoms with Crippen molar-refractivity contribution in [2.45, 2.75) is 51.0 Å². The van der Waals surface area contributed by atoms with Crippen LogP contribution in [0.3, 0.4) is 0 Å². The van der Waals surface area contributed by atoms with Crippen molar-refractivity contribution in [1.82, 2.24) is 14.8 Å². The van der Waals surface area contributed by atoms with Crippen LogP contribution in [0.2, 0.25) is 0 Å². The summed E-state index contributed by atoms with van der Waals surface area (Å²) in [5, 5.41) is 5.19. The van der Waals surface area contributed by atoms with Gasteiger partial charge in [-0.3, -0.25) is 4.79 Å². The van der Waals surface area contributed by atoms with E-state index < -0.39 is 5.41 Å². The van der Waals surface area contributed by atoms with Crippen molar-refractivity contribution in [2.75, 3.05) is 5.73 Å². The van der Waals surface area contributed by atoms with E-state index >= 15 is 0 Å². The fourth-order valence-electron chi connectivity index (χ4n) is 2.88. The van der Waals surface area contributed by atoms with Crippen LogP contribution in [-0.2, 0) is 16.8 Å². The summed E-state index contributed by atoms with van der Waals surface area (Å²) in [5.74, 6) is -0.314. The van der Waals surface area contributed by atoms with Gasteiger partial charge >= 0.3 is 0 Å². The maximum absolute atomic E-state index is 11.7. The topological polar surface area (TPSA) is 99.8 Å². The van der Waals surface area contributed by atoms with E-state index in [1.54, 1.807) is 12.4 Å². The second-order valence-corrected chi connectivity index (χ2v) is 5.84. The van der Waals surface area contributed by atoms with Gasteiger partial charge in [0.2, 0.25) is 5.91 Å². The summed E-state index contributed by atoms with van der Waals surface area (Å²) in [6.07, 6.45) is 8.36. The lowest BCUT2D eigenvalue weighted by Gasteiger charge is -2.14. The number of carbonyl (C=O) groups excluding carboxylic acids is 1. The van der Waals surface area contributed by atoms with Crippen LogP contribution in [0.4, 0.5) is 5.69 Å². The first kappa shape index (κ1) is 13.9. The van der Waals surface area contributed by atoms with Crippen LogP contribution in [0.25, 0.3) is 11.0 Å². The maximum Gasteiger partial charge on any atom is 0.228 e. The molecule has 1 saturated carbocycles. The first-order valence-electron chi connectivity index (χ1n) is 7.50. The van der Waals surface area contributed by atoms with Crippen LogP contribution < -0.4 is 11.5 Å². The Labute approximate surface area is 123 Å². The number of nitrogens with zero attached hydrogens (tertiary/aromatic N) is 3. The Bertz CT molecular complexity index is 687. The van der Waals surface area contributed by atoms with Crippen molar-refractivity contribution in [3.8, 4) is 0 Å². The molecule has 0 radical (unpaired) electrons. The first-order valence-corrected chi connectivity index (χ1v) is 7.50. The van der Waals surface area contributed by atoms with Gasteiger partial charge in [0, 0.05) is 18.3 Å². The maximum atomic E-state index is 11.7. The van der Waals surface area contributed by atoms with Crippen molar-refractivity contribution >= 4 is 22.6 Å². The molecule has 2 aromatic heterocycles. The molecule has 21 heavy (non-hydrogen) atoms. The average molecular weight is 287 g/mol. The number of carbonyl (C=O) groups is 1. The molecular formula is C15H21N5O. The van der Waals surface area contributed by atoms with E-state index in [1.165, 1.54) is 12.8 Å². The molecule has 1 aliphatic rings. The third-order valence-electron chi connectivity index (χ3n) is 4.42. The normalized spacial score (nSPS) is 16.2. The predicted octanol–water partition coefficient (Wildman–Crippen LogP) is 1.72. The summed E-state index contributed by atoms with van der Waals surface area (Å²) in [6.45, 7) is 3.01. The van der Waals surface area contributed by atoms with Gasteiger partial charge in [0.15, 0.2) is 5.65 Å². The second-order valence-electron chi connectivity index (χ2n) is 5.84. The molecule has 0 unspecified atom stereocenters. The minimum Gasteiger partial charge on any atom is -0.398 e. The van der Waals surface area contributed by atoms with Crippen LogP contribution in [0, 0.1) is 0 Å². The van der Waals surface area contributed by atoms with Crippen LogP contribution in [0.1, 0.15) is 44.6 Å². The highest BCUT2D eigenvalue weighted by Gasteiger charge is 2.51. The minimum absolute atomic E-state index is 0.314. The standard InChI is InChI=1S/C15H21N5O/c1-2-3-4-7-20-13-10(8-19-20)12(16)11(9-18-13)15(5-6-15)14(17)21/h8-9H,2-7H2,1H3,(H2,16,18)(H2,17,21). The van der Waals surface area contributed by atoms with Crippen molar-refractivity contribution in [1.29, 1.82) is 0 Å². The summed E-state index contributed by atoms with van der Waals surface area (Å²) < 4.78 is 1.88. The smallest absolute Gasteiger partial charge is 0.228 e. The highest BCUT2D eigenvalue weighted by Crippen LogP contribution is 2.50. The number of pyridine rings is 1. The predicted molar refractivity (Wildman–Crippen MR) is 81.6 cm³/mol. The summed E-state index contributed by atoms with van der Waals surface area (Å²) >= 11 is 0. The minimum atomic E-state index is -0.602. The molecule has 6 nitrogen and oxygen atoms in total. The molecule has 112 valence electrons. The van der Waals surface area contributed by atoms with E-state index in [4.69, 9.17) is 11.5 Å². The molecule has 2 aromatic rings. The zero-order chi connectivity index (χ0) is 15.0. The van der Waals surface area contributed by atoms with Gasteiger partial charge < -0.3 is 11.5 Å². The molecule has 0 atom stereocenters. The highest BCUT2D eigenvalue weighted by molar-refractivity contribution is 5.97. The molecule has 4 N–H and O–H groups in total. The van der Waals surface area contributed by atoms with E-state index in [1.807, 2.05) is 4.68 Å². The molecule has 2 heterocycles. The van der Waals surface area contributed by atoms with E-state index in [2.05, 4.69) is 17.0 Å². The zero-order valence-corrected chi connectivity index (χ0v) is 12.3. The number of primary amides is 1. The van der Waals surface area contributed by atoms with Gasteiger partial charge in [0.05, 0.1) is 22.7 Å². The molecule has 0 spiro atoms. The summed E-state index contributed by atoms with van der Waals surface area (Å²) in [7, 11) is 0. The van der Waals surface area contributed by atoms with Crippen LogP contribution in [-0.4, -0.2) is 20.7 Å². The van der Waals surface area contributed by atoms with Gasteiger partial charge in [-0.1, -0.05) is 19.8 Å². The molecular weight excluding hydrogens is 266 g/mol. The molecule has 0 saturated heterocycles. The van der Waals surface area contributed by atoms with Gasteiger partial charge in [-0.2, -0.15) is 5.10 Å². The lowest BCUT2D eigenvalue weighted by molar-refractivity contribution is -0.120. The number of anilines is 1. The quantitative estimate of drug-likeness (QED) is 0.790. The van der Waals surface area contributed by atoms with Crippen LogP contribution in [0.5, 0.6) is 0 Å². The molecule has 3 rings (SSSR count). The molecule has 0 bridgehead atoms. The highest BCUT2D eigenvalue weighted by atomic mass is 16.1. The van der Waals surface area contributed by atoms with Crippen molar-refractivity contribution in [2.24, 2.45) is 5.73 Å². The number of nitrogen functional groups attached to an aromatic ring is 1. The Morgan fingerprint density at radius 1 is 1.38 bits per heavy atom. The Hall–Kier alpha value is -2.11. The van der Waals surface area contributed by atoms with Gasteiger partial charge in [-0.15, -0.1) is 0 Å². The van der Waals surface area contributed by atoms with Crippen LogP contribution >= 0.6 is 0 Å². The third-order valence-corrected chi connectivity index (χ3v) is 4.42. The number of nitrogens with two attached hydrogens (primary N) is 2. The third kappa shape index (κ3) is 2.14. The number of aromatic nitrogens is 3. The van der Waals surface area contributed by atoms with Gasteiger partial charge in [0.25, 0.3) is 0 Å². The zero-order valence-electron chi connectivity index (χ0n) is 12.3. The Kier molecular flexibility index (Phi) is 3.31.